The summed E-state index contributed by atoms with van der Waals surface area (Å²) in [4.78, 5) is 0. The summed E-state index contributed by atoms with van der Waals surface area (Å²) in [6.45, 7) is 2.11. The average molecular weight is 289 g/mol. The van der Waals surface area contributed by atoms with E-state index in [1.54, 1.807) is 6.07 Å². The minimum atomic E-state index is -0.792. The zero-order chi connectivity index (χ0) is 15.2. The van der Waals surface area contributed by atoms with Crippen LogP contribution in [-0.4, -0.2) is 13.1 Å². The Labute approximate surface area is 125 Å². The fourth-order valence-electron chi connectivity index (χ4n) is 2.52. The Kier molecular flexibility index (Phi) is 5.45. The Bertz CT molecular complexity index is 596. The van der Waals surface area contributed by atoms with Crippen LogP contribution in [0.1, 0.15) is 23.1 Å². The molecule has 0 radical (unpaired) electrons. The highest BCUT2D eigenvalue weighted by atomic mass is 19.2. The van der Waals surface area contributed by atoms with Gasteiger partial charge >= 0.3 is 0 Å². The lowest BCUT2D eigenvalue weighted by Gasteiger charge is -2.17. The Morgan fingerprint density at radius 2 is 1.81 bits per heavy atom. The number of aryl methyl sites for hydroxylation is 2. The molecule has 1 atom stereocenters. The second-order valence-corrected chi connectivity index (χ2v) is 5.40. The molecule has 2 aromatic carbocycles. The molecule has 0 bridgehead atoms. The summed E-state index contributed by atoms with van der Waals surface area (Å²) in [5, 5.41) is 3.26. The van der Waals surface area contributed by atoms with Crippen molar-refractivity contribution in [1.29, 1.82) is 0 Å². The Morgan fingerprint density at radius 3 is 2.48 bits per heavy atom. The summed E-state index contributed by atoms with van der Waals surface area (Å²) >= 11 is 0. The highest BCUT2D eigenvalue weighted by molar-refractivity contribution is 5.26. The van der Waals surface area contributed by atoms with Crippen LogP contribution in [0.25, 0.3) is 0 Å². The van der Waals surface area contributed by atoms with Crippen molar-refractivity contribution in [3.05, 3.63) is 70.8 Å². The van der Waals surface area contributed by atoms with E-state index in [9.17, 15) is 8.78 Å². The molecule has 0 aliphatic heterocycles. The van der Waals surface area contributed by atoms with Crippen LogP contribution in [0, 0.1) is 18.6 Å². The van der Waals surface area contributed by atoms with Gasteiger partial charge in [0.25, 0.3) is 0 Å². The summed E-state index contributed by atoms with van der Waals surface area (Å²) in [7, 11) is 1.91. The third kappa shape index (κ3) is 4.36. The monoisotopic (exact) mass is 289 g/mol. The second-order valence-electron chi connectivity index (χ2n) is 5.40. The third-order valence-electron chi connectivity index (χ3n) is 3.90. The molecule has 112 valence electrons. The molecule has 0 fully saturated rings. The van der Waals surface area contributed by atoms with Crippen molar-refractivity contribution in [3.8, 4) is 0 Å². The highest BCUT2D eigenvalue weighted by Crippen LogP contribution is 2.15. The molecule has 0 saturated heterocycles. The first-order valence-corrected chi connectivity index (χ1v) is 7.26. The number of likely N-dealkylation sites (N-methyl/N-ethyl adjacent to an activating group) is 1. The van der Waals surface area contributed by atoms with E-state index in [1.807, 2.05) is 19.2 Å². The predicted octanol–water partition coefficient (Wildman–Crippen LogP) is 4.04. The van der Waals surface area contributed by atoms with Gasteiger partial charge in [0.2, 0.25) is 0 Å². The lowest BCUT2D eigenvalue weighted by atomic mass is 9.97. The van der Waals surface area contributed by atoms with Gasteiger partial charge in [0, 0.05) is 6.04 Å². The van der Waals surface area contributed by atoms with E-state index in [0.29, 0.717) is 6.42 Å². The molecule has 0 aliphatic rings. The van der Waals surface area contributed by atoms with Crippen LogP contribution in [0.2, 0.25) is 0 Å². The average Bonchev–Trinajstić information content (AvgIpc) is 2.48. The van der Waals surface area contributed by atoms with Crippen LogP contribution >= 0.6 is 0 Å². The third-order valence-corrected chi connectivity index (χ3v) is 3.90. The van der Waals surface area contributed by atoms with Crippen LogP contribution in [0.3, 0.4) is 0 Å². The molecule has 0 heterocycles. The van der Waals surface area contributed by atoms with Crippen molar-refractivity contribution >= 4 is 0 Å². The van der Waals surface area contributed by atoms with Gasteiger partial charge in [-0.05, 0) is 62.1 Å². The molecule has 1 unspecified atom stereocenters. The maximum atomic E-state index is 13.2. The van der Waals surface area contributed by atoms with Crippen molar-refractivity contribution in [1.82, 2.24) is 5.32 Å². The molecule has 0 spiro atoms. The zero-order valence-corrected chi connectivity index (χ0v) is 12.5. The van der Waals surface area contributed by atoms with Crippen LogP contribution in [0.15, 0.2) is 42.5 Å². The molecule has 2 rings (SSSR count). The van der Waals surface area contributed by atoms with Gasteiger partial charge in [-0.3, -0.25) is 0 Å². The predicted molar refractivity (Wildman–Crippen MR) is 82.4 cm³/mol. The fourth-order valence-corrected chi connectivity index (χ4v) is 2.52. The van der Waals surface area contributed by atoms with E-state index in [0.717, 1.165) is 18.4 Å². The maximum absolute atomic E-state index is 13.2. The van der Waals surface area contributed by atoms with E-state index in [1.165, 1.54) is 23.3 Å². The molecular formula is C18H21F2N. The number of hydrogen-bond acceptors (Lipinski definition) is 1. The first kappa shape index (κ1) is 15.6. The van der Waals surface area contributed by atoms with Gasteiger partial charge < -0.3 is 5.32 Å². The second kappa shape index (κ2) is 7.32. The maximum Gasteiger partial charge on any atom is 0.159 e. The zero-order valence-electron chi connectivity index (χ0n) is 12.5. The van der Waals surface area contributed by atoms with Crippen LogP contribution in [0.4, 0.5) is 8.78 Å². The molecule has 0 amide bonds. The van der Waals surface area contributed by atoms with Crippen molar-refractivity contribution in [2.24, 2.45) is 0 Å². The van der Waals surface area contributed by atoms with E-state index < -0.39 is 11.6 Å². The van der Waals surface area contributed by atoms with Crippen molar-refractivity contribution in [2.45, 2.75) is 32.2 Å². The molecule has 0 aliphatic carbocycles. The number of hydrogen-bond donors (Lipinski definition) is 1. The van der Waals surface area contributed by atoms with E-state index in [4.69, 9.17) is 0 Å². The quantitative estimate of drug-likeness (QED) is 0.846. The highest BCUT2D eigenvalue weighted by Gasteiger charge is 2.10. The SMILES string of the molecule is CNC(CCc1ccccc1C)Cc1ccc(F)c(F)c1. The molecule has 3 heteroatoms. The van der Waals surface area contributed by atoms with Gasteiger partial charge in [-0.25, -0.2) is 8.78 Å². The smallest absolute Gasteiger partial charge is 0.159 e. The van der Waals surface area contributed by atoms with Gasteiger partial charge in [-0.1, -0.05) is 30.3 Å². The van der Waals surface area contributed by atoms with Crippen molar-refractivity contribution < 1.29 is 8.78 Å². The fraction of sp³-hybridized carbons (Fsp3) is 0.333. The topological polar surface area (TPSA) is 12.0 Å². The number of halogens is 2. The number of rotatable bonds is 6. The van der Waals surface area contributed by atoms with E-state index in [-0.39, 0.29) is 6.04 Å². The summed E-state index contributed by atoms with van der Waals surface area (Å²) in [5.41, 5.74) is 3.45. The first-order valence-electron chi connectivity index (χ1n) is 7.26. The first-order chi connectivity index (χ1) is 10.1. The number of benzene rings is 2. The molecular weight excluding hydrogens is 268 g/mol. The Hall–Kier alpha value is -1.74. The molecule has 2 aromatic rings. The lowest BCUT2D eigenvalue weighted by Crippen LogP contribution is -2.28. The van der Waals surface area contributed by atoms with Crippen molar-refractivity contribution in [2.75, 3.05) is 7.05 Å². The van der Waals surface area contributed by atoms with Gasteiger partial charge in [0.1, 0.15) is 0 Å². The molecule has 21 heavy (non-hydrogen) atoms. The minimum Gasteiger partial charge on any atom is -0.317 e. The van der Waals surface area contributed by atoms with Gasteiger partial charge in [-0.2, -0.15) is 0 Å². The minimum absolute atomic E-state index is 0.245. The Morgan fingerprint density at radius 1 is 1.05 bits per heavy atom. The summed E-state index contributed by atoms with van der Waals surface area (Å²) in [6.07, 6.45) is 2.63. The molecule has 0 aromatic heterocycles. The number of nitrogens with one attached hydrogen (secondary N) is 1. The Balaban J connectivity index is 1.97. The summed E-state index contributed by atoms with van der Waals surface area (Å²) in [5.74, 6) is -1.57. The van der Waals surface area contributed by atoms with Crippen LogP contribution in [-0.2, 0) is 12.8 Å². The van der Waals surface area contributed by atoms with Gasteiger partial charge in [0.05, 0.1) is 0 Å². The molecule has 1 nitrogen and oxygen atoms in total. The summed E-state index contributed by atoms with van der Waals surface area (Å²) < 4.78 is 26.2. The van der Waals surface area contributed by atoms with E-state index in [2.05, 4.69) is 24.4 Å². The largest absolute Gasteiger partial charge is 0.317 e. The van der Waals surface area contributed by atoms with Crippen LogP contribution in [0.5, 0.6) is 0 Å². The summed E-state index contributed by atoms with van der Waals surface area (Å²) in [6, 6.07) is 12.7. The standard InChI is InChI=1S/C18H21F2N/c1-13-5-3-4-6-15(13)8-9-16(21-2)11-14-7-10-17(19)18(20)12-14/h3-7,10,12,16,21H,8-9,11H2,1-2H3. The van der Waals surface area contributed by atoms with Gasteiger partial charge in [0.15, 0.2) is 11.6 Å². The molecule has 1 N–H and O–H groups in total. The van der Waals surface area contributed by atoms with Gasteiger partial charge in [-0.15, -0.1) is 0 Å². The molecule has 0 saturated carbocycles. The van der Waals surface area contributed by atoms with Crippen LogP contribution < -0.4 is 5.32 Å². The van der Waals surface area contributed by atoms with Crippen molar-refractivity contribution in [3.63, 3.8) is 0 Å². The lowest BCUT2D eigenvalue weighted by molar-refractivity contribution is 0.497. The van der Waals surface area contributed by atoms with E-state index >= 15 is 0 Å². The normalized spacial score (nSPS) is 12.4.